The fraction of sp³-hybridized carbons (Fsp3) is 0.467. The summed E-state index contributed by atoms with van der Waals surface area (Å²) in [4.78, 5) is 22.2. The molecule has 0 fully saturated rings. The summed E-state index contributed by atoms with van der Waals surface area (Å²) in [7, 11) is 0. The molecule has 0 aromatic carbocycles. The van der Waals surface area contributed by atoms with Crippen LogP contribution in [0.25, 0.3) is 5.82 Å². The SMILES string of the molecule is CC(C)(C)OC(=O)N1CCc2c(cnn2-c2cnccn2)C1. The highest BCUT2D eigenvalue weighted by Gasteiger charge is 2.28. The zero-order valence-electron chi connectivity index (χ0n) is 13.0. The van der Waals surface area contributed by atoms with Gasteiger partial charge in [-0.3, -0.25) is 4.98 Å². The van der Waals surface area contributed by atoms with Crippen molar-refractivity contribution >= 4 is 6.09 Å². The molecule has 116 valence electrons. The van der Waals surface area contributed by atoms with E-state index in [1.807, 2.05) is 20.8 Å². The first-order valence-corrected chi connectivity index (χ1v) is 7.24. The minimum absolute atomic E-state index is 0.287. The molecular weight excluding hydrogens is 282 g/mol. The van der Waals surface area contributed by atoms with Gasteiger partial charge in [-0.1, -0.05) is 0 Å². The van der Waals surface area contributed by atoms with Gasteiger partial charge in [-0.2, -0.15) is 5.10 Å². The van der Waals surface area contributed by atoms with Crippen LogP contribution in [0, 0.1) is 0 Å². The topological polar surface area (TPSA) is 73.1 Å². The molecule has 1 aliphatic rings. The molecule has 7 nitrogen and oxygen atoms in total. The molecular formula is C15H19N5O2. The Morgan fingerprint density at radius 1 is 1.27 bits per heavy atom. The van der Waals surface area contributed by atoms with Crippen LogP contribution in [0.15, 0.2) is 24.8 Å². The minimum atomic E-state index is -0.485. The predicted molar refractivity (Wildman–Crippen MR) is 79.5 cm³/mol. The maximum atomic E-state index is 12.2. The summed E-state index contributed by atoms with van der Waals surface area (Å²) in [6.07, 6.45) is 7.15. The van der Waals surface area contributed by atoms with Gasteiger partial charge >= 0.3 is 6.09 Å². The van der Waals surface area contributed by atoms with E-state index in [0.29, 0.717) is 25.3 Å². The summed E-state index contributed by atoms with van der Waals surface area (Å²) in [5, 5.41) is 4.37. The summed E-state index contributed by atoms with van der Waals surface area (Å²) in [5.74, 6) is 0.689. The van der Waals surface area contributed by atoms with Crippen LogP contribution in [0.2, 0.25) is 0 Å². The first kappa shape index (κ1) is 14.5. The molecule has 3 heterocycles. The van der Waals surface area contributed by atoms with E-state index in [4.69, 9.17) is 4.74 Å². The largest absolute Gasteiger partial charge is 0.444 e. The van der Waals surface area contributed by atoms with E-state index < -0.39 is 5.60 Å². The van der Waals surface area contributed by atoms with Gasteiger partial charge in [0.25, 0.3) is 0 Å². The quantitative estimate of drug-likeness (QED) is 0.805. The van der Waals surface area contributed by atoms with E-state index in [1.165, 1.54) is 0 Å². The van der Waals surface area contributed by atoms with E-state index in [0.717, 1.165) is 11.3 Å². The van der Waals surface area contributed by atoms with Crippen molar-refractivity contribution in [3.8, 4) is 5.82 Å². The first-order chi connectivity index (χ1) is 10.4. The average molecular weight is 301 g/mol. The monoisotopic (exact) mass is 301 g/mol. The highest BCUT2D eigenvalue weighted by molar-refractivity contribution is 5.68. The molecule has 2 aromatic heterocycles. The number of rotatable bonds is 1. The molecule has 0 bridgehead atoms. The fourth-order valence-corrected chi connectivity index (χ4v) is 2.41. The van der Waals surface area contributed by atoms with Gasteiger partial charge in [-0.15, -0.1) is 0 Å². The van der Waals surface area contributed by atoms with Crippen molar-refractivity contribution in [1.82, 2.24) is 24.6 Å². The second kappa shape index (κ2) is 5.40. The maximum Gasteiger partial charge on any atom is 0.410 e. The zero-order chi connectivity index (χ0) is 15.7. The fourth-order valence-electron chi connectivity index (χ4n) is 2.41. The van der Waals surface area contributed by atoms with Crippen molar-refractivity contribution < 1.29 is 9.53 Å². The normalized spacial score (nSPS) is 14.6. The average Bonchev–Trinajstić information content (AvgIpc) is 2.89. The number of fused-ring (bicyclic) bond motifs is 1. The summed E-state index contributed by atoms with van der Waals surface area (Å²) < 4.78 is 7.21. The lowest BCUT2D eigenvalue weighted by Gasteiger charge is -2.30. The summed E-state index contributed by atoms with van der Waals surface area (Å²) >= 11 is 0. The van der Waals surface area contributed by atoms with Crippen molar-refractivity contribution in [3.63, 3.8) is 0 Å². The predicted octanol–water partition coefficient (Wildman–Crippen LogP) is 1.96. The number of nitrogens with zero attached hydrogens (tertiary/aromatic N) is 5. The molecule has 22 heavy (non-hydrogen) atoms. The molecule has 3 rings (SSSR count). The van der Waals surface area contributed by atoms with Gasteiger partial charge in [0.2, 0.25) is 0 Å². The molecule has 0 unspecified atom stereocenters. The van der Waals surface area contributed by atoms with Crippen LogP contribution in [0.1, 0.15) is 32.0 Å². The van der Waals surface area contributed by atoms with E-state index in [2.05, 4.69) is 15.1 Å². The van der Waals surface area contributed by atoms with Crippen molar-refractivity contribution in [1.29, 1.82) is 0 Å². The summed E-state index contributed by atoms with van der Waals surface area (Å²) in [6, 6.07) is 0. The van der Waals surface area contributed by atoms with Gasteiger partial charge in [-0.25, -0.2) is 14.5 Å². The minimum Gasteiger partial charge on any atom is -0.444 e. The molecule has 0 atom stereocenters. The first-order valence-electron chi connectivity index (χ1n) is 7.24. The molecule has 0 radical (unpaired) electrons. The number of carbonyl (C=O) groups excluding carboxylic acids is 1. The standard InChI is InChI=1S/C15H19N5O2/c1-15(2,3)22-14(21)19-7-4-12-11(10-19)8-18-20(12)13-9-16-5-6-17-13/h5-6,8-9H,4,7,10H2,1-3H3. The lowest BCUT2D eigenvalue weighted by molar-refractivity contribution is 0.0223. The third kappa shape index (κ3) is 2.93. The van der Waals surface area contributed by atoms with Gasteiger partial charge < -0.3 is 9.64 Å². The van der Waals surface area contributed by atoms with Gasteiger partial charge in [0.1, 0.15) is 5.60 Å². The second-order valence-corrected chi connectivity index (χ2v) is 6.24. The number of amides is 1. The summed E-state index contributed by atoms with van der Waals surface area (Å²) in [6.45, 7) is 6.71. The molecule has 0 aliphatic carbocycles. The van der Waals surface area contributed by atoms with Gasteiger partial charge in [0.15, 0.2) is 5.82 Å². The third-order valence-corrected chi connectivity index (χ3v) is 3.35. The van der Waals surface area contributed by atoms with Gasteiger partial charge in [0, 0.05) is 30.9 Å². The van der Waals surface area contributed by atoms with Crippen LogP contribution in [-0.2, 0) is 17.7 Å². The second-order valence-electron chi connectivity index (χ2n) is 6.24. The highest BCUT2D eigenvalue weighted by Crippen LogP contribution is 2.22. The molecule has 1 amide bonds. The van der Waals surface area contributed by atoms with Gasteiger partial charge in [0.05, 0.1) is 24.6 Å². The van der Waals surface area contributed by atoms with Crippen molar-refractivity contribution in [2.75, 3.05) is 6.54 Å². The van der Waals surface area contributed by atoms with E-state index in [9.17, 15) is 4.79 Å². The summed E-state index contributed by atoms with van der Waals surface area (Å²) in [5.41, 5.74) is 1.60. The van der Waals surface area contributed by atoms with E-state index in [-0.39, 0.29) is 6.09 Å². The Bertz CT molecular complexity index is 675. The number of carbonyl (C=O) groups is 1. The number of ether oxygens (including phenoxy) is 1. The Hall–Kier alpha value is -2.44. The Morgan fingerprint density at radius 3 is 2.77 bits per heavy atom. The smallest absolute Gasteiger partial charge is 0.410 e. The van der Waals surface area contributed by atoms with Crippen LogP contribution >= 0.6 is 0 Å². The van der Waals surface area contributed by atoms with E-state index in [1.54, 1.807) is 34.4 Å². The number of hydrogen-bond acceptors (Lipinski definition) is 5. The van der Waals surface area contributed by atoms with Crippen LogP contribution in [0.5, 0.6) is 0 Å². The van der Waals surface area contributed by atoms with Crippen LogP contribution < -0.4 is 0 Å². The maximum absolute atomic E-state index is 12.2. The third-order valence-electron chi connectivity index (χ3n) is 3.35. The van der Waals surface area contributed by atoms with Crippen LogP contribution in [0.4, 0.5) is 4.79 Å². The van der Waals surface area contributed by atoms with E-state index >= 15 is 0 Å². The van der Waals surface area contributed by atoms with Crippen molar-refractivity contribution in [2.24, 2.45) is 0 Å². The van der Waals surface area contributed by atoms with Gasteiger partial charge in [-0.05, 0) is 20.8 Å². The van der Waals surface area contributed by atoms with Crippen LogP contribution in [0.3, 0.4) is 0 Å². The number of hydrogen-bond donors (Lipinski definition) is 0. The number of aromatic nitrogens is 4. The Balaban J connectivity index is 1.78. The molecule has 0 N–H and O–H groups in total. The molecule has 0 saturated heterocycles. The zero-order valence-corrected chi connectivity index (χ0v) is 13.0. The molecule has 0 saturated carbocycles. The Morgan fingerprint density at radius 2 is 2.09 bits per heavy atom. The molecule has 7 heteroatoms. The van der Waals surface area contributed by atoms with Crippen molar-refractivity contribution in [3.05, 3.63) is 36.0 Å². The Labute approximate surface area is 128 Å². The lowest BCUT2D eigenvalue weighted by atomic mass is 10.1. The van der Waals surface area contributed by atoms with Crippen molar-refractivity contribution in [2.45, 2.75) is 39.3 Å². The lowest BCUT2D eigenvalue weighted by Crippen LogP contribution is -2.40. The molecule has 1 aliphatic heterocycles. The highest BCUT2D eigenvalue weighted by atomic mass is 16.6. The molecule has 2 aromatic rings. The van der Waals surface area contributed by atoms with Crippen LogP contribution in [-0.4, -0.2) is 42.9 Å². The molecule has 0 spiro atoms. The Kier molecular flexibility index (Phi) is 3.56.